The maximum atomic E-state index is 12.3. The molecule has 1 saturated heterocycles. The van der Waals surface area contributed by atoms with Crippen molar-refractivity contribution in [2.75, 3.05) is 19.6 Å². The molecule has 0 aromatic heterocycles. The fourth-order valence-corrected chi connectivity index (χ4v) is 3.44. The van der Waals surface area contributed by atoms with E-state index in [4.69, 9.17) is 0 Å². The van der Waals surface area contributed by atoms with E-state index >= 15 is 0 Å². The third-order valence-electron chi connectivity index (χ3n) is 4.97. The van der Waals surface area contributed by atoms with Gasteiger partial charge in [-0.05, 0) is 37.8 Å². The molecule has 1 aliphatic carbocycles. The van der Waals surface area contributed by atoms with Crippen molar-refractivity contribution >= 4 is 18.3 Å². The first-order valence-electron chi connectivity index (χ1n) is 7.84. The van der Waals surface area contributed by atoms with Gasteiger partial charge in [0, 0.05) is 18.5 Å². The third kappa shape index (κ3) is 3.58. The molecule has 1 amide bonds. The number of carbonyl (C=O) groups excluding carboxylic acids is 1. The Morgan fingerprint density at radius 2 is 2.00 bits per heavy atom. The number of hydrogen-bond acceptors (Lipinski definition) is 2. The Morgan fingerprint density at radius 1 is 1.24 bits per heavy atom. The van der Waals surface area contributed by atoms with E-state index in [1.165, 1.54) is 24.8 Å². The Hall–Kier alpha value is -1.06. The summed E-state index contributed by atoms with van der Waals surface area (Å²) in [7, 11) is 0. The smallest absolute Gasteiger partial charge is 0.224 e. The lowest BCUT2D eigenvalue weighted by Crippen LogP contribution is -2.48. The van der Waals surface area contributed by atoms with Gasteiger partial charge in [0.2, 0.25) is 5.91 Å². The summed E-state index contributed by atoms with van der Waals surface area (Å²) in [4.78, 5) is 12.3. The van der Waals surface area contributed by atoms with Gasteiger partial charge in [0.15, 0.2) is 0 Å². The molecule has 1 heterocycles. The largest absolute Gasteiger partial charge is 0.355 e. The van der Waals surface area contributed by atoms with Gasteiger partial charge in [0.1, 0.15) is 0 Å². The number of benzene rings is 1. The van der Waals surface area contributed by atoms with Crippen LogP contribution in [-0.2, 0) is 10.2 Å². The van der Waals surface area contributed by atoms with Crippen molar-refractivity contribution in [2.45, 2.75) is 37.5 Å². The molecule has 116 valence electrons. The molecule has 0 radical (unpaired) electrons. The molecule has 3 rings (SSSR count). The summed E-state index contributed by atoms with van der Waals surface area (Å²) >= 11 is 0. The minimum absolute atomic E-state index is 0. The van der Waals surface area contributed by atoms with E-state index in [1.807, 2.05) is 0 Å². The van der Waals surface area contributed by atoms with Crippen LogP contribution in [0, 0.1) is 5.92 Å². The topological polar surface area (TPSA) is 41.1 Å². The van der Waals surface area contributed by atoms with Crippen LogP contribution in [-0.4, -0.2) is 25.5 Å². The molecular formula is C17H25ClN2O. The maximum absolute atomic E-state index is 12.3. The molecule has 3 nitrogen and oxygen atoms in total. The van der Waals surface area contributed by atoms with Crippen LogP contribution >= 0.6 is 12.4 Å². The van der Waals surface area contributed by atoms with E-state index in [2.05, 4.69) is 41.0 Å². The Kier molecular flexibility index (Phi) is 5.65. The molecule has 1 aromatic carbocycles. The predicted octanol–water partition coefficient (Wildman–Crippen LogP) is 2.65. The zero-order valence-electron chi connectivity index (χ0n) is 12.4. The summed E-state index contributed by atoms with van der Waals surface area (Å²) in [5.41, 5.74) is 1.58. The van der Waals surface area contributed by atoms with Crippen LogP contribution < -0.4 is 10.6 Å². The van der Waals surface area contributed by atoms with Crippen molar-refractivity contribution in [3.05, 3.63) is 35.9 Å². The van der Waals surface area contributed by atoms with Crippen molar-refractivity contribution in [1.82, 2.24) is 10.6 Å². The van der Waals surface area contributed by atoms with Crippen LogP contribution in [0.3, 0.4) is 0 Å². The molecular weight excluding hydrogens is 284 g/mol. The van der Waals surface area contributed by atoms with Crippen LogP contribution in [0.2, 0.25) is 0 Å². The highest BCUT2D eigenvalue weighted by molar-refractivity contribution is 5.85. The van der Waals surface area contributed by atoms with Crippen molar-refractivity contribution in [2.24, 2.45) is 5.92 Å². The molecule has 2 aliphatic rings. The summed E-state index contributed by atoms with van der Waals surface area (Å²) in [6, 6.07) is 10.7. The number of halogens is 1. The van der Waals surface area contributed by atoms with Gasteiger partial charge >= 0.3 is 0 Å². The number of carbonyl (C=O) groups is 1. The van der Waals surface area contributed by atoms with Gasteiger partial charge in [-0.15, -0.1) is 12.4 Å². The highest BCUT2D eigenvalue weighted by Gasteiger charge is 2.39. The fraction of sp³-hybridized carbons (Fsp3) is 0.588. The summed E-state index contributed by atoms with van der Waals surface area (Å²) in [5.74, 6) is 0.399. The van der Waals surface area contributed by atoms with Gasteiger partial charge in [0.25, 0.3) is 0 Å². The van der Waals surface area contributed by atoms with Gasteiger partial charge in [-0.3, -0.25) is 4.79 Å². The van der Waals surface area contributed by atoms with E-state index in [9.17, 15) is 4.79 Å². The highest BCUT2D eigenvalue weighted by Crippen LogP contribution is 2.43. The first-order valence-corrected chi connectivity index (χ1v) is 7.84. The minimum atomic E-state index is 0. The van der Waals surface area contributed by atoms with Crippen molar-refractivity contribution in [3.8, 4) is 0 Å². The summed E-state index contributed by atoms with van der Waals surface area (Å²) < 4.78 is 0. The lowest BCUT2D eigenvalue weighted by molar-refractivity contribution is -0.125. The van der Waals surface area contributed by atoms with Crippen LogP contribution in [0.1, 0.15) is 37.7 Å². The average Bonchev–Trinajstić information content (AvgIpc) is 2.48. The molecule has 0 spiro atoms. The highest BCUT2D eigenvalue weighted by atomic mass is 35.5. The molecule has 2 fully saturated rings. The Morgan fingerprint density at radius 3 is 2.57 bits per heavy atom. The zero-order chi connectivity index (χ0) is 13.8. The van der Waals surface area contributed by atoms with Crippen LogP contribution in [0.25, 0.3) is 0 Å². The molecule has 21 heavy (non-hydrogen) atoms. The molecule has 1 saturated carbocycles. The number of piperidine rings is 1. The predicted molar refractivity (Wildman–Crippen MR) is 87.8 cm³/mol. The summed E-state index contributed by atoms with van der Waals surface area (Å²) in [5, 5.41) is 6.53. The monoisotopic (exact) mass is 308 g/mol. The first-order chi connectivity index (χ1) is 9.80. The van der Waals surface area contributed by atoms with Gasteiger partial charge in [0.05, 0.1) is 5.92 Å². The molecule has 4 heteroatoms. The molecule has 2 N–H and O–H groups in total. The van der Waals surface area contributed by atoms with E-state index in [0.717, 1.165) is 32.5 Å². The normalized spacial score (nSPS) is 23.5. The average molecular weight is 309 g/mol. The Balaban J connectivity index is 0.00000161. The molecule has 1 atom stereocenters. The van der Waals surface area contributed by atoms with Crippen LogP contribution in [0.15, 0.2) is 30.3 Å². The second-order valence-electron chi connectivity index (χ2n) is 6.26. The van der Waals surface area contributed by atoms with E-state index in [1.54, 1.807) is 0 Å². The zero-order valence-corrected chi connectivity index (χ0v) is 13.3. The second kappa shape index (κ2) is 7.28. The van der Waals surface area contributed by atoms with E-state index < -0.39 is 0 Å². The number of hydrogen-bond donors (Lipinski definition) is 2. The van der Waals surface area contributed by atoms with Gasteiger partial charge in [-0.2, -0.15) is 0 Å². The van der Waals surface area contributed by atoms with Crippen LogP contribution in [0.4, 0.5) is 0 Å². The van der Waals surface area contributed by atoms with Crippen molar-refractivity contribution in [3.63, 3.8) is 0 Å². The number of nitrogens with one attached hydrogen (secondary N) is 2. The Bertz CT molecular complexity index is 453. The van der Waals surface area contributed by atoms with E-state index in [0.29, 0.717) is 0 Å². The third-order valence-corrected chi connectivity index (χ3v) is 4.97. The maximum Gasteiger partial charge on any atom is 0.224 e. The molecule has 1 unspecified atom stereocenters. The number of rotatable bonds is 4. The van der Waals surface area contributed by atoms with Crippen LogP contribution in [0.5, 0.6) is 0 Å². The van der Waals surface area contributed by atoms with Crippen molar-refractivity contribution < 1.29 is 4.79 Å². The fourth-order valence-electron chi connectivity index (χ4n) is 3.44. The Labute approximate surface area is 133 Å². The van der Waals surface area contributed by atoms with Gasteiger partial charge in [-0.1, -0.05) is 36.8 Å². The second-order valence-corrected chi connectivity index (χ2v) is 6.26. The van der Waals surface area contributed by atoms with Crippen molar-refractivity contribution in [1.29, 1.82) is 0 Å². The summed E-state index contributed by atoms with van der Waals surface area (Å²) in [6.45, 7) is 2.69. The quantitative estimate of drug-likeness (QED) is 0.898. The first kappa shape index (κ1) is 16.3. The number of amides is 1. The standard InChI is InChI=1S/C17H24N2O.ClH/c20-16(14-6-4-11-18-12-14)19-13-17(9-5-10-17)15-7-2-1-3-8-15;/h1-3,7-8,14,18H,4-6,9-13H2,(H,19,20);1H. The van der Waals surface area contributed by atoms with Gasteiger partial charge in [-0.25, -0.2) is 0 Å². The SMILES string of the molecule is Cl.O=C(NCC1(c2ccccc2)CCC1)C1CCCNC1. The summed E-state index contributed by atoms with van der Waals surface area (Å²) in [6.07, 6.45) is 5.80. The minimum Gasteiger partial charge on any atom is -0.355 e. The lowest BCUT2D eigenvalue weighted by Gasteiger charge is -2.43. The molecule has 0 bridgehead atoms. The van der Waals surface area contributed by atoms with Gasteiger partial charge < -0.3 is 10.6 Å². The lowest BCUT2D eigenvalue weighted by atomic mass is 9.64. The molecule has 1 aliphatic heterocycles. The molecule has 1 aromatic rings. The van der Waals surface area contributed by atoms with E-state index in [-0.39, 0.29) is 29.6 Å².